The summed E-state index contributed by atoms with van der Waals surface area (Å²) >= 11 is 0. The molecule has 0 unspecified atom stereocenters. The predicted octanol–water partition coefficient (Wildman–Crippen LogP) is 3.32. The zero-order valence-electron chi connectivity index (χ0n) is 15.7. The Morgan fingerprint density at radius 1 is 0.962 bits per heavy atom. The quantitative estimate of drug-likeness (QED) is 0.747. The molecule has 0 bridgehead atoms. The largest absolute Gasteiger partial charge is 0.462 e. The highest BCUT2D eigenvalue weighted by Crippen LogP contribution is 2.18. The van der Waals surface area contributed by atoms with Gasteiger partial charge in [-0.25, -0.2) is 0 Å². The lowest BCUT2D eigenvalue weighted by Gasteiger charge is -2.40. The van der Waals surface area contributed by atoms with E-state index in [-0.39, 0.29) is 18.1 Å². The van der Waals surface area contributed by atoms with Crippen LogP contribution in [0.15, 0.2) is 60.7 Å². The van der Waals surface area contributed by atoms with Crippen LogP contribution in [-0.4, -0.2) is 47.5 Å². The lowest BCUT2D eigenvalue weighted by molar-refractivity contribution is -0.157. The van der Waals surface area contributed by atoms with Gasteiger partial charge in [-0.1, -0.05) is 60.7 Å². The SMILES string of the molecule is CC(C)OC(=O)[C@H]1CN(Cc2ccccc2)CCN1Cc1ccccc1. The summed E-state index contributed by atoms with van der Waals surface area (Å²) in [7, 11) is 0. The first-order chi connectivity index (χ1) is 12.6. The van der Waals surface area contributed by atoms with Gasteiger partial charge in [-0.05, 0) is 25.0 Å². The number of piperazine rings is 1. The number of nitrogens with zero attached hydrogens (tertiary/aromatic N) is 2. The third-order valence-corrected chi connectivity index (χ3v) is 4.68. The number of esters is 1. The molecular formula is C22H28N2O2. The fraction of sp³-hybridized carbons (Fsp3) is 0.409. The molecule has 26 heavy (non-hydrogen) atoms. The fourth-order valence-corrected chi connectivity index (χ4v) is 3.40. The maximum absolute atomic E-state index is 12.7. The highest BCUT2D eigenvalue weighted by Gasteiger charge is 2.33. The van der Waals surface area contributed by atoms with Gasteiger partial charge in [0.15, 0.2) is 0 Å². The van der Waals surface area contributed by atoms with Gasteiger partial charge in [0.25, 0.3) is 0 Å². The van der Waals surface area contributed by atoms with Crippen molar-refractivity contribution in [1.29, 1.82) is 0 Å². The van der Waals surface area contributed by atoms with Gasteiger partial charge in [-0.2, -0.15) is 0 Å². The molecule has 1 heterocycles. The molecule has 0 radical (unpaired) electrons. The van der Waals surface area contributed by atoms with E-state index in [9.17, 15) is 4.79 Å². The predicted molar refractivity (Wildman–Crippen MR) is 104 cm³/mol. The van der Waals surface area contributed by atoms with Crippen molar-refractivity contribution < 1.29 is 9.53 Å². The Labute approximate surface area is 156 Å². The second kappa shape index (κ2) is 8.97. The monoisotopic (exact) mass is 352 g/mol. The van der Waals surface area contributed by atoms with Crippen molar-refractivity contribution in [2.75, 3.05) is 19.6 Å². The molecule has 0 amide bonds. The molecule has 0 aliphatic carbocycles. The zero-order valence-corrected chi connectivity index (χ0v) is 15.7. The highest BCUT2D eigenvalue weighted by atomic mass is 16.5. The number of ether oxygens (including phenoxy) is 1. The molecule has 3 rings (SSSR count). The van der Waals surface area contributed by atoms with Gasteiger partial charge >= 0.3 is 5.97 Å². The van der Waals surface area contributed by atoms with E-state index in [1.807, 2.05) is 38.1 Å². The average molecular weight is 352 g/mol. The number of benzene rings is 2. The van der Waals surface area contributed by atoms with Crippen molar-refractivity contribution >= 4 is 5.97 Å². The minimum atomic E-state index is -0.227. The van der Waals surface area contributed by atoms with Crippen molar-refractivity contribution in [1.82, 2.24) is 9.80 Å². The molecule has 2 aromatic carbocycles. The van der Waals surface area contributed by atoms with Crippen LogP contribution < -0.4 is 0 Å². The zero-order chi connectivity index (χ0) is 18.4. The minimum absolute atomic E-state index is 0.0921. The second-order valence-electron chi connectivity index (χ2n) is 7.18. The number of hydrogen-bond donors (Lipinski definition) is 0. The average Bonchev–Trinajstić information content (AvgIpc) is 2.64. The third-order valence-electron chi connectivity index (χ3n) is 4.68. The summed E-state index contributed by atoms with van der Waals surface area (Å²) in [6, 6.07) is 20.5. The Balaban J connectivity index is 1.70. The van der Waals surface area contributed by atoms with Crippen LogP contribution in [0.1, 0.15) is 25.0 Å². The third kappa shape index (κ3) is 5.16. The van der Waals surface area contributed by atoms with E-state index >= 15 is 0 Å². The van der Waals surface area contributed by atoms with Crippen molar-refractivity contribution in [3.63, 3.8) is 0 Å². The number of hydrogen-bond acceptors (Lipinski definition) is 4. The summed E-state index contributed by atoms with van der Waals surface area (Å²) < 4.78 is 5.55. The molecule has 1 aliphatic heterocycles. The van der Waals surface area contributed by atoms with E-state index in [2.05, 4.69) is 46.2 Å². The summed E-state index contributed by atoms with van der Waals surface area (Å²) in [5.74, 6) is -0.117. The van der Waals surface area contributed by atoms with Crippen molar-refractivity contribution in [3.05, 3.63) is 71.8 Å². The van der Waals surface area contributed by atoms with Crippen molar-refractivity contribution in [2.45, 2.75) is 39.1 Å². The molecule has 4 nitrogen and oxygen atoms in total. The maximum Gasteiger partial charge on any atom is 0.324 e. The van der Waals surface area contributed by atoms with Gasteiger partial charge in [-0.3, -0.25) is 14.6 Å². The molecule has 2 aromatic rings. The molecule has 0 spiro atoms. The molecular weight excluding hydrogens is 324 g/mol. The summed E-state index contributed by atoms with van der Waals surface area (Å²) in [4.78, 5) is 17.3. The van der Waals surface area contributed by atoms with Crippen molar-refractivity contribution in [3.8, 4) is 0 Å². The molecule has 0 saturated carbocycles. The first kappa shape index (κ1) is 18.6. The van der Waals surface area contributed by atoms with E-state index in [0.717, 1.165) is 26.2 Å². The van der Waals surface area contributed by atoms with Crippen molar-refractivity contribution in [2.24, 2.45) is 0 Å². The summed E-state index contributed by atoms with van der Waals surface area (Å²) in [5, 5.41) is 0. The van der Waals surface area contributed by atoms with Gasteiger partial charge in [0.2, 0.25) is 0 Å². The number of carbonyl (C=O) groups excluding carboxylic acids is 1. The molecule has 0 N–H and O–H groups in total. The van der Waals surface area contributed by atoms with Gasteiger partial charge in [0, 0.05) is 32.7 Å². The number of rotatable bonds is 6. The Morgan fingerprint density at radius 2 is 1.54 bits per heavy atom. The maximum atomic E-state index is 12.7. The standard InChI is InChI=1S/C22H28N2O2/c1-18(2)26-22(25)21-17-23(15-19-9-5-3-6-10-19)13-14-24(21)16-20-11-7-4-8-12-20/h3-12,18,21H,13-17H2,1-2H3/t21-/m1/s1. The van der Waals surface area contributed by atoms with E-state index in [1.165, 1.54) is 11.1 Å². The van der Waals surface area contributed by atoms with Gasteiger partial charge in [-0.15, -0.1) is 0 Å². The van der Waals surface area contributed by atoms with E-state index in [0.29, 0.717) is 6.54 Å². The summed E-state index contributed by atoms with van der Waals surface area (Å²) in [5.41, 5.74) is 2.51. The fourth-order valence-electron chi connectivity index (χ4n) is 3.40. The van der Waals surface area contributed by atoms with Crippen LogP contribution in [0, 0.1) is 0 Å². The molecule has 1 atom stereocenters. The Bertz CT molecular complexity index is 688. The van der Waals surface area contributed by atoms with Gasteiger partial charge < -0.3 is 4.74 Å². The topological polar surface area (TPSA) is 32.8 Å². The van der Waals surface area contributed by atoms with Gasteiger partial charge in [0.05, 0.1) is 6.10 Å². The summed E-state index contributed by atoms with van der Waals surface area (Å²) in [6.45, 7) is 7.97. The lowest BCUT2D eigenvalue weighted by Crippen LogP contribution is -2.56. The Kier molecular flexibility index (Phi) is 6.42. The van der Waals surface area contributed by atoms with E-state index < -0.39 is 0 Å². The van der Waals surface area contributed by atoms with Crippen LogP contribution in [-0.2, 0) is 22.6 Å². The molecule has 0 aromatic heterocycles. The summed E-state index contributed by atoms with van der Waals surface area (Å²) in [6.07, 6.45) is -0.0921. The second-order valence-corrected chi connectivity index (χ2v) is 7.18. The van der Waals surface area contributed by atoms with E-state index in [4.69, 9.17) is 4.74 Å². The van der Waals surface area contributed by atoms with Crippen LogP contribution in [0.2, 0.25) is 0 Å². The van der Waals surface area contributed by atoms with Crippen LogP contribution in [0.3, 0.4) is 0 Å². The highest BCUT2D eigenvalue weighted by molar-refractivity contribution is 5.76. The molecule has 138 valence electrons. The molecule has 1 aliphatic rings. The van der Waals surface area contributed by atoms with E-state index in [1.54, 1.807) is 0 Å². The van der Waals surface area contributed by atoms with Crippen LogP contribution in [0.25, 0.3) is 0 Å². The van der Waals surface area contributed by atoms with Gasteiger partial charge in [0.1, 0.15) is 6.04 Å². The smallest absolute Gasteiger partial charge is 0.324 e. The lowest BCUT2D eigenvalue weighted by atomic mass is 10.1. The normalized spacial score (nSPS) is 18.8. The Morgan fingerprint density at radius 3 is 2.12 bits per heavy atom. The first-order valence-corrected chi connectivity index (χ1v) is 9.36. The molecule has 1 saturated heterocycles. The molecule has 4 heteroatoms. The first-order valence-electron chi connectivity index (χ1n) is 9.36. The minimum Gasteiger partial charge on any atom is -0.462 e. The number of carbonyl (C=O) groups is 1. The Hall–Kier alpha value is -2.17. The van der Waals surface area contributed by atoms with Crippen LogP contribution in [0.4, 0.5) is 0 Å². The van der Waals surface area contributed by atoms with Crippen LogP contribution in [0.5, 0.6) is 0 Å². The molecule has 1 fully saturated rings. The van der Waals surface area contributed by atoms with Crippen LogP contribution >= 0.6 is 0 Å².